The molecule has 3 saturated heterocycles. The average molecular weight is 827 g/mol. The third-order valence-electron chi connectivity index (χ3n) is 12.3. The predicted molar refractivity (Wildman–Crippen MR) is 217 cm³/mol. The number of aryl methyl sites for hydroxylation is 1. The number of alkyl halides is 3. The molecule has 5 fully saturated rings. The lowest BCUT2D eigenvalue weighted by Crippen LogP contribution is -2.53. The van der Waals surface area contributed by atoms with E-state index in [1.165, 1.54) is 25.3 Å². The maximum atomic E-state index is 14.7. The highest BCUT2D eigenvalue weighted by Crippen LogP contribution is 2.44. The van der Waals surface area contributed by atoms with Gasteiger partial charge in [-0.2, -0.15) is 18.2 Å². The summed E-state index contributed by atoms with van der Waals surface area (Å²) in [6.45, 7) is 7.59. The summed E-state index contributed by atoms with van der Waals surface area (Å²) in [5, 5.41) is 5.39. The molecule has 2 aliphatic carbocycles. The standard InChI is InChI=1S/C24H32F3N5OS.C18H22FN3O2/c1-16-7-6-12-32(15-16)22-20(24(25,26)27)14-28-23(30-22)29-21-11-10-19(13-17(21)2)34(33)31-18-8-4-3-5-9-18;1-21-8-9-22(11-18(21)6-7-18)15-4-2-12(10-14(15)19)13-3-5-16(23)20-17(13)24/h10-11,13-14,16,18,31H,3-9,12,15H2,1-2H3,(H,28,29,30);2,4,10,13H,3,5-9,11H2,1H3,(H,20,23,24). The van der Waals surface area contributed by atoms with Crippen LogP contribution in [0.2, 0.25) is 0 Å². The van der Waals surface area contributed by atoms with E-state index in [1.54, 1.807) is 23.1 Å². The number of nitrogens with one attached hydrogen (secondary N) is 3. The number of piperidine rings is 2. The number of carbonyl (C=O) groups is 2. The Morgan fingerprint density at radius 2 is 1.72 bits per heavy atom. The largest absolute Gasteiger partial charge is 0.421 e. The molecule has 8 rings (SSSR count). The third-order valence-corrected chi connectivity index (χ3v) is 13.6. The summed E-state index contributed by atoms with van der Waals surface area (Å²) in [5.41, 5.74) is 2.15. The second-order valence-corrected chi connectivity index (χ2v) is 18.0. The molecule has 3 atom stereocenters. The van der Waals surface area contributed by atoms with Crippen molar-refractivity contribution in [2.75, 3.05) is 54.9 Å². The van der Waals surface area contributed by atoms with Crippen LogP contribution in [0.25, 0.3) is 0 Å². The Morgan fingerprint density at radius 1 is 0.948 bits per heavy atom. The second kappa shape index (κ2) is 17.6. The number of benzene rings is 2. The van der Waals surface area contributed by atoms with Gasteiger partial charge in [0.2, 0.25) is 17.8 Å². The van der Waals surface area contributed by atoms with Crippen LogP contribution in [0.1, 0.15) is 100 Å². The van der Waals surface area contributed by atoms with Gasteiger partial charge in [0.1, 0.15) is 28.2 Å². The van der Waals surface area contributed by atoms with Crippen molar-refractivity contribution < 1.29 is 31.4 Å². The smallest absolute Gasteiger partial charge is 0.366 e. The molecule has 314 valence electrons. The van der Waals surface area contributed by atoms with Gasteiger partial charge in [-0.1, -0.05) is 32.3 Å². The second-order valence-electron chi connectivity index (χ2n) is 16.7. The number of hydrogen-bond donors (Lipinski definition) is 3. The fourth-order valence-electron chi connectivity index (χ4n) is 8.67. The van der Waals surface area contributed by atoms with E-state index in [2.05, 4.69) is 42.2 Å². The summed E-state index contributed by atoms with van der Waals surface area (Å²) in [6, 6.07) is 10.7. The van der Waals surface area contributed by atoms with Crippen molar-refractivity contribution in [3.63, 3.8) is 0 Å². The lowest BCUT2D eigenvalue weighted by molar-refractivity contribution is -0.138. The van der Waals surface area contributed by atoms with Crippen molar-refractivity contribution >= 4 is 45.9 Å². The fraction of sp³-hybridized carbons (Fsp3) is 0.571. The van der Waals surface area contributed by atoms with Crippen LogP contribution in [0, 0.1) is 18.7 Å². The number of nitrogens with zero attached hydrogens (tertiary/aromatic N) is 5. The molecule has 16 heteroatoms. The van der Waals surface area contributed by atoms with Crippen LogP contribution in [0.4, 0.5) is 40.7 Å². The average Bonchev–Trinajstić information content (AvgIpc) is 3.97. The van der Waals surface area contributed by atoms with Gasteiger partial charge in [0.15, 0.2) is 0 Å². The molecule has 5 aliphatic rings. The Labute approximate surface area is 340 Å². The zero-order chi connectivity index (χ0) is 41.2. The Balaban J connectivity index is 0.000000187. The fourth-order valence-corrected chi connectivity index (χ4v) is 9.82. The van der Waals surface area contributed by atoms with Gasteiger partial charge in [0.05, 0.1) is 16.5 Å². The van der Waals surface area contributed by atoms with Gasteiger partial charge in [-0.15, -0.1) is 0 Å². The van der Waals surface area contributed by atoms with E-state index in [-0.39, 0.29) is 41.0 Å². The molecule has 3 aromatic rings. The minimum Gasteiger partial charge on any atom is -0.366 e. The number of likely N-dealkylation sites (N-methyl/N-ethyl adjacent to an activating group) is 1. The first kappa shape index (κ1) is 42.0. The van der Waals surface area contributed by atoms with E-state index in [4.69, 9.17) is 0 Å². The van der Waals surface area contributed by atoms with Gasteiger partial charge in [0, 0.05) is 62.6 Å². The minimum atomic E-state index is -4.53. The molecule has 1 aromatic heterocycles. The zero-order valence-electron chi connectivity index (χ0n) is 33.5. The van der Waals surface area contributed by atoms with E-state index >= 15 is 0 Å². The molecule has 2 amide bonds. The molecule has 3 N–H and O–H groups in total. The third kappa shape index (κ3) is 9.82. The summed E-state index contributed by atoms with van der Waals surface area (Å²) in [4.78, 5) is 38.3. The number of carbonyl (C=O) groups excluding carboxylic acids is 2. The lowest BCUT2D eigenvalue weighted by Gasteiger charge is -2.41. The Morgan fingerprint density at radius 3 is 2.40 bits per heavy atom. The molecule has 3 aliphatic heterocycles. The highest BCUT2D eigenvalue weighted by molar-refractivity contribution is 7.83. The number of anilines is 4. The zero-order valence-corrected chi connectivity index (χ0v) is 34.3. The molecule has 2 aromatic carbocycles. The Hall–Kier alpha value is -4.15. The molecule has 0 bridgehead atoms. The van der Waals surface area contributed by atoms with Gasteiger partial charge >= 0.3 is 6.18 Å². The summed E-state index contributed by atoms with van der Waals surface area (Å²) in [6.07, 6.45) is 6.88. The van der Waals surface area contributed by atoms with Crippen LogP contribution in [0.3, 0.4) is 0 Å². The first-order valence-electron chi connectivity index (χ1n) is 20.5. The van der Waals surface area contributed by atoms with Crippen LogP contribution in [0.5, 0.6) is 0 Å². The first-order chi connectivity index (χ1) is 27.7. The molecule has 2 saturated carbocycles. The molecule has 11 nitrogen and oxygen atoms in total. The summed E-state index contributed by atoms with van der Waals surface area (Å²) in [5.74, 6) is -0.956. The van der Waals surface area contributed by atoms with E-state index < -0.39 is 28.6 Å². The summed E-state index contributed by atoms with van der Waals surface area (Å²) in [7, 11) is 0.835. The van der Waals surface area contributed by atoms with Crippen molar-refractivity contribution in [3.05, 3.63) is 65.1 Å². The predicted octanol–water partition coefficient (Wildman–Crippen LogP) is 7.36. The normalized spacial score (nSPS) is 23.2. The van der Waals surface area contributed by atoms with Gasteiger partial charge in [-0.3, -0.25) is 19.8 Å². The molecule has 0 radical (unpaired) electrons. The van der Waals surface area contributed by atoms with E-state index in [9.17, 15) is 31.4 Å². The summed E-state index contributed by atoms with van der Waals surface area (Å²) < 4.78 is 71.6. The Bertz CT molecular complexity index is 2010. The monoisotopic (exact) mass is 826 g/mol. The first-order valence-corrected chi connectivity index (χ1v) is 21.7. The SMILES string of the molecule is CN1CCN(c2ccc(C3CCC(=O)NC3=O)cc2F)CC12CC2.Cc1cc(S(=O)NC2CCCCC2)ccc1Nc1ncc(C(F)(F)F)c(N2CCCC(C)C2)n1. The number of piperazine rings is 1. The van der Waals surface area contributed by atoms with E-state index in [1.807, 2.05) is 26.0 Å². The quantitative estimate of drug-likeness (QED) is 0.158. The molecule has 3 unspecified atom stereocenters. The van der Waals surface area contributed by atoms with Gasteiger partial charge in [-0.25, -0.2) is 18.3 Å². The number of hydrogen-bond acceptors (Lipinski definition) is 9. The van der Waals surface area contributed by atoms with Crippen LogP contribution < -0.4 is 25.2 Å². The van der Waals surface area contributed by atoms with E-state index in [0.29, 0.717) is 53.7 Å². The van der Waals surface area contributed by atoms with Crippen molar-refractivity contribution in [2.24, 2.45) is 5.92 Å². The molecule has 4 heterocycles. The highest BCUT2D eigenvalue weighted by atomic mass is 32.2. The summed E-state index contributed by atoms with van der Waals surface area (Å²) >= 11 is 0. The van der Waals surface area contributed by atoms with Crippen molar-refractivity contribution in [1.82, 2.24) is 24.9 Å². The van der Waals surface area contributed by atoms with Crippen LogP contribution in [-0.2, 0) is 26.8 Å². The Kier molecular flexibility index (Phi) is 12.7. The van der Waals surface area contributed by atoms with Gasteiger partial charge in [0.25, 0.3) is 0 Å². The maximum absolute atomic E-state index is 14.7. The van der Waals surface area contributed by atoms with Crippen LogP contribution in [0.15, 0.2) is 47.5 Å². The molecule has 1 spiro atoms. The maximum Gasteiger partial charge on any atom is 0.421 e. The molecular weight excluding hydrogens is 773 g/mol. The molecular formula is C42H54F4N8O3S. The van der Waals surface area contributed by atoms with Crippen molar-refractivity contribution in [3.8, 4) is 0 Å². The van der Waals surface area contributed by atoms with E-state index in [0.717, 1.165) is 69.9 Å². The van der Waals surface area contributed by atoms with Gasteiger partial charge in [-0.05, 0) is 106 Å². The number of aromatic nitrogens is 2. The topological polar surface area (TPSA) is 123 Å². The van der Waals surface area contributed by atoms with Crippen molar-refractivity contribution in [2.45, 2.75) is 113 Å². The number of halogens is 4. The number of rotatable bonds is 8. The lowest BCUT2D eigenvalue weighted by atomic mass is 9.90. The minimum absolute atomic E-state index is 0.0800. The van der Waals surface area contributed by atoms with Crippen LogP contribution >= 0.6 is 0 Å². The highest BCUT2D eigenvalue weighted by Gasteiger charge is 2.50. The van der Waals surface area contributed by atoms with Gasteiger partial charge < -0.3 is 15.1 Å². The number of amides is 2. The van der Waals surface area contributed by atoms with Crippen molar-refractivity contribution in [1.29, 1.82) is 0 Å². The van der Waals surface area contributed by atoms with Crippen LogP contribution in [-0.4, -0.2) is 82.2 Å². The molecule has 58 heavy (non-hydrogen) atoms. The number of imide groups is 1.